The van der Waals surface area contributed by atoms with Crippen LogP contribution in [0.2, 0.25) is 0 Å². The molecule has 1 atom stereocenters. The molecule has 1 aromatic rings. The predicted molar refractivity (Wildman–Crippen MR) is 77.1 cm³/mol. The zero-order chi connectivity index (χ0) is 11.3. The minimum absolute atomic E-state index is 0.0749. The van der Waals surface area contributed by atoms with E-state index < -0.39 is 0 Å². The third kappa shape index (κ3) is 3.94. The lowest BCUT2D eigenvalue weighted by Crippen LogP contribution is -2.23. The molecule has 1 unspecified atom stereocenters. The Labute approximate surface area is 108 Å². The topological polar surface area (TPSA) is 38.0 Å². The van der Waals surface area contributed by atoms with Crippen LogP contribution in [0.4, 0.5) is 0 Å². The molecule has 0 bridgehead atoms. The molecule has 0 heterocycles. The summed E-state index contributed by atoms with van der Waals surface area (Å²) in [5.74, 6) is 0.527. The minimum atomic E-state index is 0.0749. The fourth-order valence-electron chi connectivity index (χ4n) is 1.61. The number of nitrogens with one attached hydrogen (secondary N) is 1. The zero-order valence-electron chi connectivity index (χ0n) is 9.03. The SMILES string of the molecule is CC(C)c1ccccc1C(N)CNSI. The summed E-state index contributed by atoms with van der Waals surface area (Å²) in [6, 6.07) is 8.49. The van der Waals surface area contributed by atoms with Gasteiger partial charge in [-0.15, -0.1) is 0 Å². The number of hydrogen-bond acceptors (Lipinski definition) is 3. The van der Waals surface area contributed by atoms with Crippen molar-refractivity contribution in [2.75, 3.05) is 6.54 Å². The largest absolute Gasteiger partial charge is 0.323 e. The average Bonchev–Trinajstić information content (AvgIpc) is 2.25. The van der Waals surface area contributed by atoms with Gasteiger partial charge in [-0.3, -0.25) is 4.72 Å². The first-order chi connectivity index (χ1) is 7.16. The van der Waals surface area contributed by atoms with Crippen molar-refractivity contribution in [2.24, 2.45) is 5.73 Å². The smallest absolute Gasteiger partial charge is 0.0434 e. The van der Waals surface area contributed by atoms with Gasteiger partial charge in [0.1, 0.15) is 0 Å². The predicted octanol–water partition coefficient (Wildman–Crippen LogP) is 3.40. The van der Waals surface area contributed by atoms with Gasteiger partial charge < -0.3 is 5.73 Å². The summed E-state index contributed by atoms with van der Waals surface area (Å²) in [4.78, 5) is 0. The Hall–Kier alpha value is 0.220. The van der Waals surface area contributed by atoms with Gasteiger partial charge in [-0.1, -0.05) is 38.1 Å². The number of benzene rings is 1. The van der Waals surface area contributed by atoms with Gasteiger partial charge in [0, 0.05) is 33.8 Å². The van der Waals surface area contributed by atoms with E-state index in [0.29, 0.717) is 5.92 Å². The van der Waals surface area contributed by atoms with Crippen LogP contribution in [0, 0.1) is 0 Å². The molecule has 0 aliphatic heterocycles. The molecule has 0 radical (unpaired) electrons. The van der Waals surface area contributed by atoms with E-state index >= 15 is 0 Å². The fourth-order valence-corrected chi connectivity index (χ4v) is 2.39. The molecule has 4 heteroatoms. The van der Waals surface area contributed by atoms with Crippen LogP contribution in [-0.4, -0.2) is 6.54 Å². The van der Waals surface area contributed by atoms with Crippen LogP contribution in [0.25, 0.3) is 0 Å². The number of hydrogen-bond donors (Lipinski definition) is 2. The molecule has 0 saturated carbocycles. The fraction of sp³-hybridized carbons (Fsp3) is 0.455. The summed E-state index contributed by atoms with van der Waals surface area (Å²) in [5.41, 5.74) is 8.75. The van der Waals surface area contributed by atoms with E-state index in [9.17, 15) is 0 Å². The molecular formula is C11H17IN2S. The molecule has 0 aromatic heterocycles. The minimum Gasteiger partial charge on any atom is -0.323 e. The summed E-state index contributed by atoms with van der Waals surface area (Å²) in [6.45, 7) is 5.20. The third-order valence-electron chi connectivity index (χ3n) is 2.38. The lowest BCUT2D eigenvalue weighted by atomic mass is 9.93. The van der Waals surface area contributed by atoms with E-state index in [1.165, 1.54) is 11.1 Å². The molecule has 0 saturated heterocycles. The van der Waals surface area contributed by atoms with Crippen LogP contribution in [0.3, 0.4) is 0 Å². The Kier molecular flexibility index (Phi) is 5.96. The maximum atomic E-state index is 6.14. The van der Waals surface area contributed by atoms with Gasteiger partial charge in [-0.2, -0.15) is 0 Å². The van der Waals surface area contributed by atoms with Gasteiger partial charge in [0.05, 0.1) is 0 Å². The quantitative estimate of drug-likeness (QED) is 0.639. The highest BCUT2D eigenvalue weighted by Crippen LogP contribution is 2.23. The monoisotopic (exact) mass is 336 g/mol. The van der Waals surface area contributed by atoms with Crippen LogP contribution >= 0.6 is 30.3 Å². The number of halogens is 1. The Morgan fingerprint density at radius 3 is 2.47 bits per heavy atom. The first kappa shape index (κ1) is 13.3. The maximum Gasteiger partial charge on any atom is 0.0434 e. The zero-order valence-corrected chi connectivity index (χ0v) is 12.0. The van der Waals surface area contributed by atoms with Gasteiger partial charge in [0.25, 0.3) is 0 Å². The summed E-state index contributed by atoms with van der Waals surface area (Å²) in [7, 11) is 1.58. The molecule has 0 fully saturated rings. The molecule has 15 heavy (non-hydrogen) atoms. The first-order valence-corrected chi connectivity index (χ1v) is 8.37. The van der Waals surface area contributed by atoms with E-state index in [4.69, 9.17) is 5.73 Å². The van der Waals surface area contributed by atoms with E-state index in [2.05, 4.69) is 64.0 Å². The Morgan fingerprint density at radius 1 is 1.33 bits per heavy atom. The molecule has 0 spiro atoms. The normalized spacial score (nSPS) is 13.1. The molecule has 0 amide bonds. The van der Waals surface area contributed by atoms with Crippen molar-refractivity contribution in [1.29, 1.82) is 0 Å². The van der Waals surface area contributed by atoms with Crippen LogP contribution in [-0.2, 0) is 0 Å². The van der Waals surface area contributed by atoms with Crippen molar-refractivity contribution in [3.05, 3.63) is 35.4 Å². The highest BCUT2D eigenvalue weighted by molar-refractivity contribution is 14.2. The van der Waals surface area contributed by atoms with E-state index in [-0.39, 0.29) is 6.04 Å². The molecule has 0 aliphatic rings. The van der Waals surface area contributed by atoms with Gasteiger partial charge in [-0.25, -0.2) is 0 Å². The van der Waals surface area contributed by atoms with Crippen molar-refractivity contribution in [1.82, 2.24) is 4.72 Å². The second-order valence-corrected chi connectivity index (χ2v) is 5.58. The van der Waals surface area contributed by atoms with E-state index in [1.807, 2.05) is 0 Å². The van der Waals surface area contributed by atoms with Crippen molar-refractivity contribution >= 4 is 30.3 Å². The maximum absolute atomic E-state index is 6.14. The molecule has 1 rings (SSSR count). The number of nitrogens with two attached hydrogens (primary N) is 1. The lowest BCUT2D eigenvalue weighted by molar-refractivity contribution is 0.690. The van der Waals surface area contributed by atoms with Crippen molar-refractivity contribution in [2.45, 2.75) is 25.8 Å². The summed E-state index contributed by atoms with van der Waals surface area (Å²) >= 11 is 2.21. The highest BCUT2D eigenvalue weighted by Gasteiger charge is 2.12. The summed E-state index contributed by atoms with van der Waals surface area (Å²) in [5, 5.41) is 0. The van der Waals surface area contributed by atoms with Gasteiger partial charge in [0.15, 0.2) is 0 Å². The molecule has 0 aliphatic carbocycles. The molecular weight excluding hydrogens is 319 g/mol. The Morgan fingerprint density at radius 2 is 1.93 bits per heavy atom. The third-order valence-corrected chi connectivity index (χ3v) is 3.59. The second-order valence-electron chi connectivity index (χ2n) is 3.82. The number of rotatable bonds is 5. The summed E-state index contributed by atoms with van der Waals surface area (Å²) < 4.78 is 3.19. The highest BCUT2D eigenvalue weighted by atomic mass is 127. The van der Waals surface area contributed by atoms with Gasteiger partial charge in [-0.05, 0) is 26.2 Å². The standard InChI is InChI=1S/C11H17IN2S/c1-8(2)9-5-3-4-6-10(9)11(13)7-14-15-12/h3-6,8,11,14H,7,13H2,1-2H3. The molecule has 3 N–H and O–H groups in total. The van der Waals surface area contributed by atoms with Crippen molar-refractivity contribution in [3.8, 4) is 0 Å². The first-order valence-electron chi connectivity index (χ1n) is 5.01. The molecule has 1 aromatic carbocycles. The Balaban J connectivity index is 2.82. The lowest BCUT2D eigenvalue weighted by Gasteiger charge is -2.18. The van der Waals surface area contributed by atoms with Crippen LogP contribution in [0.1, 0.15) is 36.9 Å². The van der Waals surface area contributed by atoms with E-state index in [0.717, 1.165) is 6.54 Å². The van der Waals surface area contributed by atoms with Crippen molar-refractivity contribution < 1.29 is 0 Å². The van der Waals surface area contributed by atoms with Gasteiger partial charge in [0.2, 0.25) is 0 Å². The van der Waals surface area contributed by atoms with Crippen molar-refractivity contribution in [3.63, 3.8) is 0 Å². The van der Waals surface area contributed by atoms with Crippen LogP contribution in [0.5, 0.6) is 0 Å². The average molecular weight is 336 g/mol. The summed E-state index contributed by atoms with van der Waals surface area (Å²) in [6.07, 6.45) is 0. The van der Waals surface area contributed by atoms with Crippen LogP contribution in [0.15, 0.2) is 24.3 Å². The van der Waals surface area contributed by atoms with E-state index in [1.54, 1.807) is 9.12 Å². The van der Waals surface area contributed by atoms with Crippen LogP contribution < -0.4 is 10.5 Å². The second kappa shape index (κ2) is 6.73. The molecule has 2 nitrogen and oxygen atoms in total. The Bertz CT molecular complexity index is 304. The molecule has 84 valence electrons. The van der Waals surface area contributed by atoms with Gasteiger partial charge >= 0.3 is 0 Å².